The van der Waals surface area contributed by atoms with Gasteiger partial charge in [-0.25, -0.2) is 4.79 Å². The lowest BCUT2D eigenvalue weighted by Gasteiger charge is -2.24. The van der Waals surface area contributed by atoms with Crippen molar-refractivity contribution >= 4 is 11.0 Å². The van der Waals surface area contributed by atoms with Crippen molar-refractivity contribution in [2.45, 2.75) is 32.0 Å². The van der Waals surface area contributed by atoms with Crippen LogP contribution in [0.3, 0.4) is 0 Å². The van der Waals surface area contributed by atoms with Gasteiger partial charge < -0.3 is 19.7 Å². The number of aliphatic hydroxyl groups is 2. The van der Waals surface area contributed by atoms with Crippen LogP contribution in [0.1, 0.15) is 19.4 Å². The Hall–Kier alpha value is -1.85. The van der Waals surface area contributed by atoms with E-state index in [9.17, 15) is 20.1 Å². The van der Waals surface area contributed by atoms with Crippen molar-refractivity contribution in [2.24, 2.45) is 0 Å². The molecule has 0 bridgehead atoms. The molecular weight excluding hydrogens is 248 g/mol. The van der Waals surface area contributed by atoms with Crippen molar-refractivity contribution in [3.05, 3.63) is 40.2 Å². The number of rotatable bonds is 3. The van der Waals surface area contributed by atoms with Crippen LogP contribution >= 0.6 is 0 Å². The Labute approximate surface area is 109 Å². The minimum atomic E-state index is -1.32. The van der Waals surface area contributed by atoms with Crippen LogP contribution in [0.15, 0.2) is 33.5 Å². The molecule has 5 nitrogen and oxygen atoms in total. The maximum atomic E-state index is 11.3. The Kier molecular flexibility index (Phi) is 3.34. The highest BCUT2D eigenvalue weighted by molar-refractivity contribution is 5.82. The molecule has 0 aliphatic heterocycles. The van der Waals surface area contributed by atoms with Crippen molar-refractivity contribution in [3.63, 3.8) is 0 Å². The van der Waals surface area contributed by atoms with E-state index in [1.54, 1.807) is 12.1 Å². The van der Waals surface area contributed by atoms with Crippen LogP contribution in [0, 0.1) is 0 Å². The average molecular weight is 264 g/mol. The predicted molar refractivity (Wildman–Crippen MR) is 70.2 cm³/mol. The third kappa shape index (κ3) is 2.77. The summed E-state index contributed by atoms with van der Waals surface area (Å²) in [6.07, 6.45) is -1.10. The molecule has 0 unspecified atom stereocenters. The van der Waals surface area contributed by atoms with Gasteiger partial charge in [-0.05, 0) is 32.0 Å². The molecule has 2 rings (SSSR count). The second kappa shape index (κ2) is 4.68. The van der Waals surface area contributed by atoms with Gasteiger partial charge >= 0.3 is 5.63 Å². The first-order valence-electron chi connectivity index (χ1n) is 5.94. The fourth-order valence-corrected chi connectivity index (χ4v) is 1.82. The summed E-state index contributed by atoms with van der Waals surface area (Å²) >= 11 is 0. The third-order valence-electron chi connectivity index (χ3n) is 3.08. The number of fused-ring (bicyclic) bond motifs is 1. The van der Waals surface area contributed by atoms with Gasteiger partial charge in [0.1, 0.15) is 11.3 Å². The van der Waals surface area contributed by atoms with Gasteiger partial charge in [0.2, 0.25) is 0 Å². The Morgan fingerprint density at radius 3 is 2.53 bits per heavy atom. The van der Waals surface area contributed by atoms with Crippen molar-refractivity contribution in [3.8, 4) is 5.75 Å². The number of aliphatic hydroxyl groups excluding tert-OH is 1. The summed E-state index contributed by atoms with van der Waals surface area (Å²) in [7, 11) is 0. The molecule has 0 saturated heterocycles. The van der Waals surface area contributed by atoms with Gasteiger partial charge in [0.15, 0.2) is 0 Å². The van der Waals surface area contributed by atoms with E-state index in [1.807, 2.05) is 0 Å². The number of hydrogen-bond acceptors (Lipinski definition) is 5. The standard InChI is InChI=1S/C14H16O5/c1-14(2,18)11(16)7-9-10(15)5-3-8-4-6-12(17)19-13(8)9/h3-6,11,15-16,18H,7H2,1-2H3/t11-/m0/s1. The van der Waals surface area contributed by atoms with Crippen molar-refractivity contribution in [2.75, 3.05) is 0 Å². The predicted octanol–water partition coefficient (Wildman–Crippen LogP) is 1.17. The zero-order valence-electron chi connectivity index (χ0n) is 10.8. The number of aromatic hydroxyl groups is 1. The summed E-state index contributed by atoms with van der Waals surface area (Å²) in [5, 5.41) is 30.2. The molecule has 19 heavy (non-hydrogen) atoms. The molecule has 0 amide bonds. The molecule has 102 valence electrons. The van der Waals surface area contributed by atoms with E-state index in [2.05, 4.69) is 0 Å². The van der Waals surface area contributed by atoms with E-state index in [-0.39, 0.29) is 17.8 Å². The maximum Gasteiger partial charge on any atom is 0.336 e. The first-order valence-corrected chi connectivity index (χ1v) is 5.94. The number of hydrogen-bond donors (Lipinski definition) is 3. The maximum absolute atomic E-state index is 11.3. The first kappa shape index (κ1) is 13.6. The van der Waals surface area contributed by atoms with Gasteiger partial charge in [-0.3, -0.25) is 0 Å². The van der Waals surface area contributed by atoms with Crippen LogP contribution in [0.4, 0.5) is 0 Å². The van der Waals surface area contributed by atoms with E-state index in [0.29, 0.717) is 10.9 Å². The molecule has 1 aromatic carbocycles. The monoisotopic (exact) mass is 264 g/mol. The number of phenolic OH excluding ortho intramolecular Hbond substituents is 1. The van der Waals surface area contributed by atoms with E-state index < -0.39 is 17.3 Å². The van der Waals surface area contributed by atoms with Crippen LogP contribution in [0.25, 0.3) is 11.0 Å². The Bertz CT molecular complexity index is 651. The highest BCUT2D eigenvalue weighted by Crippen LogP contribution is 2.29. The van der Waals surface area contributed by atoms with Gasteiger partial charge in [-0.1, -0.05) is 0 Å². The Morgan fingerprint density at radius 2 is 1.89 bits per heavy atom. The smallest absolute Gasteiger partial charge is 0.336 e. The van der Waals surface area contributed by atoms with Crippen LogP contribution in [-0.4, -0.2) is 27.0 Å². The number of phenols is 1. The summed E-state index contributed by atoms with van der Waals surface area (Å²) in [6, 6.07) is 5.96. The van der Waals surface area contributed by atoms with Crippen molar-refractivity contribution in [1.82, 2.24) is 0 Å². The second-order valence-electron chi connectivity index (χ2n) is 5.11. The third-order valence-corrected chi connectivity index (χ3v) is 3.08. The summed E-state index contributed by atoms with van der Waals surface area (Å²) in [4.78, 5) is 11.3. The molecule has 0 spiro atoms. The molecule has 1 atom stereocenters. The Morgan fingerprint density at radius 1 is 1.26 bits per heavy atom. The first-order chi connectivity index (χ1) is 8.79. The average Bonchev–Trinajstić information content (AvgIpc) is 2.31. The normalized spacial score (nSPS) is 13.7. The van der Waals surface area contributed by atoms with E-state index in [0.717, 1.165) is 0 Å². The van der Waals surface area contributed by atoms with Crippen LogP contribution in [0.2, 0.25) is 0 Å². The van der Waals surface area contributed by atoms with Gasteiger partial charge in [0.05, 0.1) is 11.7 Å². The minimum Gasteiger partial charge on any atom is -0.508 e. The van der Waals surface area contributed by atoms with E-state index in [4.69, 9.17) is 4.42 Å². The van der Waals surface area contributed by atoms with Gasteiger partial charge in [0.25, 0.3) is 0 Å². The molecule has 0 radical (unpaired) electrons. The van der Waals surface area contributed by atoms with Crippen LogP contribution < -0.4 is 5.63 Å². The highest BCUT2D eigenvalue weighted by atomic mass is 16.4. The van der Waals surface area contributed by atoms with E-state index >= 15 is 0 Å². The van der Waals surface area contributed by atoms with Crippen molar-refractivity contribution < 1.29 is 19.7 Å². The summed E-state index contributed by atoms with van der Waals surface area (Å²) < 4.78 is 5.08. The Balaban J connectivity index is 2.55. The largest absolute Gasteiger partial charge is 0.508 e. The summed E-state index contributed by atoms with van der Waals surface area (Å²) in [5.74, 6) is -0.0786. The molecule has 3 N–H and O–H groups in total. The zero-order chi connectivity index (χ0) is 14.2. The molecule has 0 aliphatic carbocycles. The lowest BCUT2D eigenvalue weighted by molar-refractivity contribution is -0.0470. The SMILES string of the molecule is CC(C)(O)[C@@H](O)Cc1c(O)ccc2ccc(=O)oc12. The lowest BCUT2D eigenvalue weighted by atomic mass is 9.94. The number of benzene rings is 1. The molecule has 1 heterocycles. The van der Waals surface area contributed by atoms with Crippen LogP contribution in [0.5, 0.6) is 5.75 Å². The molecule has 0 aliphatic rings. The molecule has 1 aromatic heterocycles. The topological polar surface area (TPSA) is 90.9 Å². The molecule has 0 fully saturated rings. The van der Waals surface area contributed by atoms with E-state index in [1.165, 1.54) is 26.0 Å². The zero-order valence-corrected chi connectivity index (χ0v) is 10.8. The highest BCUT2D eigenvalue weighted by Gasteiger charge is 2.26. The molecule has 5 heteroatoms. The molecule has 2 aromatic rings. The second-order valence-corrected chi connectivity index (χ2v) is 5.11. The molecule has 0 saturated carbocycles. The quantitative estimate of drug-likeness (QED) is 0.724. The fraction of sp³-hybridized carbons (Fsp3) is 0.357. The van der Waals surface area contributed by atoms with Gasteiger partial charge in [0, 0.05) is 23.4 Å². The lowest BCUT2D eigenvalue weighted by Crippen LogP contribution is -2.37. The molecular formula is C14H16O5. The van der Waals surface area contributed by atoms with Gasteiger partial charge in [-0.2, -0.15) is 0 Å². The fourth-order valence-electron chi connectivity index (χ4n) is 1.82. The summed E-state index contributed by atoms with van der Waals surface area (Å²) in [5.41, 5.74) is -1.30. The minimum absolute atomic E-state index is 0.0143. The van der Waals surface area contributed by atoms with Gasteiger partial charge in [-0.15, -0.1) is 0 Å². The van der Waals surface area contributed by atoms with Crippen molar-refractivity contribution in [1.29, 1.82) is 0 Å². The summed E-state index contributed by atoms with van der Waals surface area (Å²) in [6.45, 7) is 2.94. The van der Waals surface area contributed by atoms with Crippen LogP contribution in [-0.2, 0) is 6.42 Å².